The van der Waals surface area contributed by atoms with Gasteiger partial charge in [-0.3, -0.25) is 0 Å². The Labute approximate surface area is 119 Å². The fraction of sp³-hybridized carbons (Fsp3) is 0.467. The van der Waals surface area contributed by atoms with Crippen LogP contribution in [0.25, 0.3) is 0 Å². The highest BCUT2D eigenvalue weighted by Gasteiger charge is 2.18. The van der Waals surface area contributed by atoms with Gasteiger partial charge in [0, 0.05) is 0 Å². The van der Waals surface area contributed by atoms with Gasteiger partial charge in [0.15, 0.2) is 0 Å². The van der Waals surface area contributed by atoms with Gasteiger partial charge in [0.25, 0.3) is 0 Å². The van der Waals surface area contributed by atoms with Crippen molar-refractivity contribution < 1.29 is 0 Å². The van der Waals surface area contributed by atoms with Gasteiger partial charge in [0.2, 0.25) is 0 Å². The first-order valence-corrected chi connectivity index (χ1v) is 7.50. The van der Waals surface area contributed by atoms with E-state index in [2.05, 4.69) is 53.9 Å². The third-order valence-electron chi connectivity index (χ3n) is 3.41. The van der Waals surface area contributed by atoms with Crippen LogP contribution in [0.3, 0.4) is 0 Å². The Morgan fingerprint density at radius 3 is 2.58 bits per heavy atom. The molecule has 2 rings (SSSR count). The fourth-order valence-corrected chi connectivity index (χ4v) is 2.85. The molecule has 1 aromatic heterocycles. The quantitative estimate of drug-likeness (QED) is 0.906. The summed E-state index contributed by atoms with van der Waals surface area (Å²) in [6.07, 6.45) is 1.12. The van der Waals surface area contributed by atoms with Crippen LogP contribution in [-0.4, -0.2) is 16.1 Å². The van der Waals surface area contributed by atoms with Crippen molar-refractivity contribution in [2.45, 2.75) is 40.2 Å². The van der Waals surface area contributed by atoms with E-state index in [1.165, 1.54) is 33.1 Å². The number of aryl methyl sites for hydroxylation is 3. The van der Waals surface area contributed by atoms with E-state index in [0.29, 0.717) is 0 Å². The van der Waals surface area contributed by atoms with Crippen LogP contribution in [0, 0.1) is 20.8 Å². The minimum Gasteiger partial charge on any atom is -0.305 e. The maximum Gasteiger partial charge on any atom is 0.0776 e. The molecule has 1 aromatic carbocycles. The summed E-state index contributed by atoms with van der Waals surface area (Å²) in [5.41, 5.74) is 4.98. The molecule has 0 spiro atoms. The Hall–Kier alpha value is -1.26. The van der Waals surface area contributed by atoms with Crippen molar-refractivity contribution in [1.82, 2.24) is 14.9 Å². The van der Waals surface area contributed by atoms with Crippen molar-refractivity contribution in [3.63, 3.8) is 0 Å². The lowest BCUT2D eigenvalue weighted by Crippen LogP contribution is -2.23. The molecule has 1 heterocycles. The summed E-state index contributed by atoms with van der Waals surface area (Å²) in [5.74, 6) is 0. The lowest BCUT2D eigenvalue weighted by Gasteiger charge is -2.18. The number of benzene rings is 1. The van der Waals surface area contributed by atoms with Gasteiger partial charge in [-0.2, -0.15) is 0 Å². The molecule has 1 unspecified atom stereocenters. The molecule has 0 amide bonds. The molecule has 0 bridgehead atoms. The summed E-state index contributed by atoms with van der Waals surface area (Å²) >= 11 is 1.49. The fourth-order valence-electron chi connectivity index (χ4n) is 2.10. The van der Waals surface area contributed by atoms with Gasteiger partial charge in [-0.1, -0.05) is 29.6 Å². The lowest BCUT2D eigenvalue weighted by atomic mass is 9.99. The van der Waals surface area contributed by atoms with Gasteiger partial charge in [-0.15, -0.1) is 5.10 Å². The maximum atomic E-state index is 4.14. The highest BCUT2D eigenvalue weighted by atomic mass is 32.1. The Bertz CT molecular complexity index is 548. The summed E-state index contributed by atoms with van der Waals surface area (Å²) in [4.78, 5) is 1.22. The zero-order chi connectivity index (χ0) is 13.8. The van der Waals surface area contributed by atoms with Crippen molar-refractivity contribution in [3.8, 4) is 0 Å². The predicted molar refractivity (Wildman–Crippen MR) is 80.7 cm³/mol. The van der Waals surface area contributed by atoms with Crippen molar-refractivity contribution in [1.29, 1.82) is 0 Å². The number of aromatic nitrogens is 2. The first-order chi connectivity index (χ1) is 9.13. The molecule has 102 valence electrons. The topological polar surface area (TPSA) is 37.8 Å². The van der Waals surface area contributed by atoms with Gasteiger partial charge in [0.1, 0.15) is 0 Å². The van der Waals surface area contributed by atoms with Crippen LogP contribution in [0.5, 0.6) is 0 Å². The van der Waals surface area contributed by atoms with Crippen LogP contribution in [0.15, 0.2) is 18.2 Å². The number of rotatable bonds is 5. The third-order valence-corrected chi connectivity index (χ3v) is 4.30. The zero-order valence-corrected chi connectivity index (χ0v) is 12.8. The van der Waals surface area contributed by atoms with Crippen LogP contribution < -0.4 is 5.32 Å². The summed E-state index contributed by atoms with van der Waals surface area (Å²) in [6.45, 7) is 9.51. The molecule has 0 aliphatic carbocycles. The second kappa shape index (κ2) is 6.26. The molecule has 0 saturated carbocycles. The number of nitrogens with one attached hydrogen (secondary N) is 1. The largest absolute Gasteiger partial charge is 0.305 e. The molecule has 0 fully saturated rings. The normalized spacial score (nSPS) is 12.6. The van der Waals surface area contributed by atoms with Crippen LogP contribution in [0.4, 0.5) is 0 Å². The summed E-state index contributed by atoms with van der Waals surface area (Å²) in [5, 5.41) is 7.75. The van der Waals surface area contributed by atoms with Gasteiger partial charge in [-0.25, -0.2) is 0 Å². The zero-order valence-electron chi connectivity index (χ0n) is 12.0. The summed E-state index contributed by atoms with van der Waals surface area (Å²) in [6, 6.07) is 6.87. The van der Waals surface area contributed by atoms with E-state index >= 15 is 0 Å². The third kappa shape index (κ3) is 3.19. The van der Waals surface area contributed by atoms with Crippen LogP contribution in [0.2, 0.25) is 0 Å². The number of nitrogens with zero attached hydrogens (tertiary/aromatic N) is 2. The lowest BCUT2D eigenvalue weighted by molar-refractivity contribution is 0.602. The van der Waals surface area contributed by atoms with E-state index in [1.807, 2.05) is 6.92 Å². The minimum absolute atomic E-state index is 0.208. The predicted octanol–water partition coefficient (Wildman–Crippen LogP) is 3.55. The van der Waals surface area contributed by atoms with E-state index < -0.39 is 0 Å². The number of hydrogen-bond donors (Lipinski definition) is 1. The van der Waals surface area contributed by atoms with Crippen LogP contribution in [0.1, 0.15) is 46.6 Å². The maximum absolute atomic E-state index is 4.14. The molecule has 0 aliphatic rings. The Kier molecular flexibility index (Phi) is 4.66. The highest BCUT2D eigenvalue weighted by molar-refractivity contribution is 7.05. The van der Waals surface area contributed by atoms with Crippen molar-refractivity contribution in [2.75, 3.05) is 6.54 Å². The second-order valence-corrected chi connectivity index (χ2v) is 5.74. The van der Waals surface area contributed by atoms with E-state index in [1.54, 1.807) is 0 Å². The van der Waals surface area contributed by atoms with E-state index in [4.69, 9.17) is 0 Å². The van der Waals surface area contributed by atoms with Gasteiger partial charge < -0.3 is 5.32 Å². The SMILES string of the molecule is CCCNC(c1ccc(C)c(C)c1)c1snnc1C. The molecule has 1 N–H and O–H groups in total. The van der Waals surface area contributed by atoms with Crippen LogP contribution in [-0.2, 0) is 0 Å². The Morgan fingerprint density at radius 2 is 2.00 bits per heavy atom. The standard InChI is InChI=1S/C15H21N3S/c1-5-8-16-14(15-12(4)17-18-19-15)13-7-6-10(2)11(3)9-13/h6-7,9,14,16H,5,8H2,1-4H3. The van der Waals surface area contributed by atoms with Gasteiger partial charge in [0.05, 0.1) is 16.6 Å². The van der Waals surface area contributed by atoms with Crippen molar-refractivity contribution in [2.24, 2.45) is 0 Å². The molecule has 0 aliphatic heterocycles. The number of hydrogen-bond acceptors (Lipinski definition) is 4. The Morgan fingerprint density at radius 1 is 1.21 bits per heavy atom. The smallest absolute Gasteiger partial charge is 0.0776 e. The molecular formula is C15H21N3S. The van der Waals surface area contributed by atoms with Gasteiger partial charge in [-0.05, 0) is 62.0 Å². The Balaban J connectivity index is 2.37. The second-order valence-electron chi connectivity index (χ2n) is 4.95. The monoisotopic (exact) mass is 275 g/mol. The van der Waals surface area contributed by atoms with E-state index in [-0.39, 0.29) is 6.04 Å². The molecule has 1 atom stereocenters. The average Bonchev–Trinajstić information content (AvgIpc) is 2.80. The molecule has 4 heteroatoms. The van der Waals surface area contributed by atoms with E-state index in [0.717, 1.165) is 18.7 Å². The van der Waals surface area contributed by atoms with E-state index in [9.17, 15) is 0 Å². The average molecular weight is 275 g/mol. The molecular weight excluding hydrogens is 254 g/mol. The van der Waals surface area contributed by atoms with Crippen LogP contribution >= 0.6 is 11.5 Å². The first kappa shape index (κ1) is 14.2. The highest BCUT2D eigenvalue weighted by Crippen LogP contribution is 2.28. The van der Waals surface area contributed by atoms with Crippen molar-refractivity contribution in [3.05, 3.63) is 45.5 Å². The molecule has 3 nitrogen and oxygen atoms in total. The van der Waals surface area contributed by atoms with Crippen molar-refractivity contribution >= 4 is 11.5 Å². The summed E-state index contributed by atoms with van der Waals surface area (Å²) in [7, 11) is 0. The molecule has 0 radical (unpaired) electrons. The molecule has 0 saturated heterocycles. The molecule has 19 heavy (non-hydrogen) atoms. The molecule has 2 aromatic rings. The first-order valence-electron chi connectivity index (χ1n) is 6.73. The summed E-state index contributed by atoms with van der Waals surface area (Å²) < 4.78 is 4.07. The minimum atomic E-state index is 0.208. The van der Waals surface area contributed by atoms with Gasteiger partial charge >= 0.3 is 0 Å².